The zero-order chi connectivity index (χ0) is 25.4. The van der Waals surface area contributed by atoms with Gasteiger partial charge in [0.2, 0.25) is 11.8 Å². The maximum atomic E-state index is 12.9. The van der Waals surface area contributed by atoms with Crippen molar-refractivity contribution >= 4 is 40.9 Å². The molecule has 1 heterocycles. The van der Waals surface area contributed by atoms with E-state index >= 15 is 0 Å². The van der Waals surface area contributed by atoms with Crippen molar-refractivity contribution < 1.29 is 24.3 Å². The molecule has 0 bridgehead atoms. The quantitative estimate of drug-likeness (QED) is 0.421. The average Bonchev–Trinajstić information content (AvgIpc) is 3.31. The lowest BCUT2D eigenvalue weighted by molar-refractivity contribution is -0.139. The molecule has 1 saturated heterocycles. The molecule has 9 nitrogen and oxygen atoms in total. The van der Waals surface area contributed by atoms with Crippen LogP contribution in [0.3, 0.4) is 0 Å². The predicted molar refractivity (Wildman–Crippen MR) is 134 cm³/mol. The minimum Gasteiger partial charge on any atom is -0.481 e. The number of rotatable bonds is 9. The van der Waals surface area contributed by atoms with Gasteiger partial charge in [-0.1, -0.05) is 25.1 Å². The standard InChI is InChI=1S/C26H32N4O5/c1-17(9-14-24(32)33)16-23(31)30-15-5-8-22(30)25(34)27-19-10-12-20(13-11-19)28-26(35)29-21-7-4-3-6-18(21)2/h3-4,6-7,10-13,17,22H,5,8-9,14-16H2,1-2H3,(H,27,34)(H,32,33)(H2,28,29,35)/t17?,22-/m0/s1. The number of amides is 4. The van der Waals surface area contributed by atoms with Crippen molar-refractivity contribution in [1.82, 2.24) is 4.90 Å². The molecule has 2 aromatic carbocycles. The van der Waals surface area contributed by atoms with Gasteiger partial charge in [0, 0.05) is 36.4 Å². The summed E-state index contributed by atoms with van der Waals surface area (Å²) < 4.78 is 0. The predicted octanol–water partition coefficient (Wildman–Crippen LogP) is 4.46. The number of nitrogens with zero attached hydrogens (tertiary/aromatic N) is 1. The van der Waals surface area contributed by atoms with Crippen LogP contribution in [0.4, 0.5) is 21.9 Å². The number of likely N-dealkylation sites (tertiary alicyclic amines) is 1. The molecule has 0 spiro atoms. The summed E-state index contributed by atoms with van der Waals surface area (Å²) in [5.74, 6) is -1.33. The van der Waals surface area contributed by atoms with E-state index in [0.29, 0.717) is 30.8 Å². The van der Waals surface area contributed by atoms with Crippen LogP contribution in [0.25, 0.3) is 0 Å². The van der Waals surface area contributed by atoms with Crippen molar-refractivity contribution in [3.05, 3.63) is 54.1 Å². The monoisotopic (exact) mass is 480 g/mol. The smallest absolute Gasteiger partial charge is 0.323 e. The largest absolute Gasteiger partial charge is 0.481 e. The first-order valence-corrected chi connectivity index (χ1v) is 11.8. The van der Waals surface area contributed by atoms with Crippen LogP contribution in [0.15, 0.2) is 48.5 Å². The first-order valence-electron chi connectivity index (χ1n) is 11.8. The maximum Gasteiger partial charge on any atom is 0.323 e. The highest BCUT2D eigenvalue weighted by Crippen LogP contribution is 2.23. The number of hydrogen-bond donors (Lipinski definition) is 4. The second-order valence-electron chi connectivity index (χ2n) is 8.95. The summed E-state index contributed by atoms with van der Waals surface area (Å²) in [7, 11) is 0. The number of carbonyl (C=O) groups is 4. The van der Waals surface area contributed by atoms with E-state index in [1.165, 1.54) is 0 Å². The van der Waals surface area contributed by atoms with E-state index in [0.717, 1.165) is 17.7 Å². The normalized spacial score (nSPS) is 15.8. The van der Waals surface area contributed by atoms with Crippen LogP contribution < -0.4 is 16.0 Å². The van der Waals surface area contributed by atoms with Crippen LogP contribution in [0.2, 0.25) is 0 Å². The molecule has 0 saturated carbocycles. The van der Waals surface area contributed by atoms with Gasteiger partial charge in [-0.15, -0.1) is 0 Å². The number of carboxylic acid groups (broad SMARTS) is 1. The molecule has 2 aromatic rings. The molecule has 4 amide bonds. The summed E-state index contributed by atoms with van der Waals surface area (Å²) in [5.41, 5.74) is 2.81. The van der Waals surface area contributed by atoms with E-state index in [1.54, 1.807) is 29.2 Å². The summed E-state index contributed by atoms with van der Waals surface area (Å²) in [4.78, 5) is 50.2. The van der Waals surface area contributed by atoms with Crippen LogP contribution in [-0.4, -0.2) is 46.4 Å². The number of benzene rings is 2. The van der Waals surface area contributed by atoms with Gasteiger partial charge in [-0.3, -0.25) is 14.4 Å². The fourth-order valence-electron chi connectivity index (χ4n) is 4.09. The molecular weight excluding hydrogens is 448 g/mol. The van der Waals surface area contributed by atoms with Gasteiger partial charge in [0.1, 0.15) is 6.04 Å². The van der Waals surface area contributed by atoms with Crippen molar-refractivity contribution in [1.29, 1.82) is 0 Å². The average molecular weight is 481 g/mol. The highest BCUT2D eigenvalue weighted by molar-refractivity contribution is 6.01. The number of carbonyl (C=O) groups excluding carboxylic acids is 3. The summed E-state index contributed by atoms with van der Waals surface area (Å²) in [6.07, 6.45) is 2.00. The van der Waals surface area contributed by atoms with Crippen molar-refractivity contribution in [3.63, 3.8) is 0 Å². The Kier molecular flexibility index (Phi) is 8.83. The third kappa shape index (κ3) is 7.56. The Hall–Kier alpha value is -3.88. The molecule has 1 aliphatic heterocycles. The first-order chi connectivity index (χ1) is 16.7. The molecule has 1 fully saturated rings. The minimum atomic E-state index is -0.879. The lowest BCUT2D eigenvalue weighted by Crippen LogP contribution is -2.43. The number of hydrogen-bond acceptors (Lipinski definition) is 4. The van der Waals surface area contributed by atoms with Gasteiger partial charge < -0.3 is 26.0 Å². The Bertz CT molecular complexity index is 1070. The van der Waals surface area contributed by atoms with Gasteiger partial charge in [-0.05, 0) is 68.0 Å². The molecular formula is C26H32N4O5. The Morgan fingerprint density at radius 2 is 1.66 bits per heavy atom. The summed E-state index contributed by atoms with van der Waals surface area (Å²) in [5, 5.41) is 17.2. The van der Waals surface area contributed by atoms with Crippen molar-refractivity contribution in [2.24, 2.45) is 5.92 Å². The van der Waals surface area contributed by atoms with E-state index < -0.39 is 12.0 Å². The SMILES string of the molecule is Cc1ccccc1NC(=O)Nc1ccc(NC(=O)[C@@H]2CCCN2C(=O)CC(C)CCC(=O)O)cc1. The van der Waals surface area contributed by atoms with Gasteiger partial charge in [0.15, 0.2) is 0 Å². The second-order valence-corrected chi connectivity index (χ2v) is 8.95. The van der Waals surface area contributed by atoms with Crippen LogP contribution in [0.5, 0.6) is 0 Å². The van der Waals surface area contributed by atoms with Crippen LogP contribution in [0.1, 0.15) is 44.6 Å². The molecule has 186 valence electrons. The highest BCUT2D eigenvalue weighted by atomic mass is 16.4. The topological polar surface area (TPSA) is 128 Å². The summed E-state index contributed by atoms with van der Waals surface area (Å²) in [6, 6.07) is 13.3. The fourth-order valence-corrected chi connectivity index (χ4v) is 4.09. The van der Waals surface area contributed by atoms with Crippen LogP contribution in [-0.2, 0) is 14.4 Å². The molecule has 9 heteroatoms. The minimum absolute atomic E-state index is 0.0246. The first kappa shape index (κ1) is 25.7. The zero-order valence-corrected chi connectivity index (χ0v) is 20.0. The number of urea groups is 1. The molecule has 3 rings (SSSR count). The second kappa shape index (κ2) is 12.0. The van der Waals surface area contributed by atoms with E-state index in [4.69, 9.17) is 5.11 Å². The molecule has 0 aliphatic carbocycles. The highest BCUT2D eigenvalue weighted by Gasteiger charge is 2.34. The lowest BCUT2D eigenvalue weighted by atomic mass is 10.0. The van der Waals surface area contributed by atoms with Gasteiger partial charge >= 0.3 is 12.0 Å². The van der Waals surface area contributed by atoms with Gasteiger partial charge in [-0.2, -0.15) is 0 Å². The van der Waals surface area contributed by atoms with Crippen LogP contribution in [0, 0.1) is 12.8 Å². The number of aryl methyl sites for hydroxylation is 1. The number of para-hydroxylation sites is 1. The van der Waals surface area contributed by atoms with E-state index in [-0.39, 0.29) is 36.6 Å². The van der Waals surface area contributed by atoms with E-state index in [1.807, 2.05) is 38.1 Å². The number of anilines is 3. The summed E-state index contributed by atoms with van der Waals surface area (Å²) in [6.45, 7) is 4.27. The van der Waals surface area contributed by atoms with E-state index in [2.05, 4.69) is 16.0 Å². The van der Waals surface area contributed by atoms with Crippen molar-refractivity contribution in [3.8, 4) is 0 Å². The fraction of sp³-hybridized carbons (Fsp3) is 0.385. The van der Waals surface area contributed by atoms with Crippen molar-refractivity contribution in [2.45, 2.75) is 52.0 Å². The van der Waals surface area contributed by atoms with Crippen molar-refractivity contribution in [2.75, 3.05) is 22.5 Å². The molecule has 1 aliphatic rings. The van der Waals surface area contributed by atoms with Crippen LogP contribution >= 0.6 is 0 Å². The number of nitrogens with one attached hydrogen (secondary N) is 3. The summed E-state index contributed by atoms with van der Waals surface area (Å²) >= 11 is 0. The third-order valence-corrected chi connectivity index (χ3v) is 6.05. The number of aliphatic carboxylic acids is 1. The van der Waals surface area contributed by atoms with Gasteiger partial charge in [0.05, 0.1) is 0 Å². The Balaban J connectivity index is 1.51. The Morgan fingerprint density at radius 1 is 1.00 bits per heavy atom. The maximum absolute atomic E-state index is 12.9. The molecule has 4 N–H and O–H groups in total. The van der Waals surface area contributed by atoms with Gasteiger partial charge in [-0.25, -0.2) is 4.79 Å². The van der Waals surface area contributed by atoms with Gasteiger partial charge in [0.25, 0.3) is 0 Å². The van der Waals surface area contributed by atoms with E-state index in [9.17, 15) is 19.2 Å². The molecule has 1 unspecified atom stereocenters. The third-order valence-electron chi connectivity index (χ3n) is 6.05. The number of carboxylic acids is 1. The lowest BCUT2D eigenvalue weighted by Gasteiger charge is -2.25. The Morgan fingerprint density at radius 3 is 2.31 bits per heavy atom. The molecule has 0 radical (unpaired) electrons. The Labute approximate surface area is 204 Å². The molecule has 0 aromatic heterocycles. The molecule has 2 atom stereocenters. The zero-order valence-electron chi connectivity index (χ0n) is 20.0. The molecule has 35 heavy (non-hydrogen) atoms.